The van der Waals surface area contributed by atoms with E-state index in [1.54, 1.807) is 19.4 Å². The van der Waals surface area contributed by atoms with Crippen LogP contribution in [0, 0.1) is 6.92 Å². The predicted molar refractivity (Wildman–Crippen MR) is 110 cm³/mol. The van der Waals surface area contributed by atoms with Crippen LogP contribution < -0.4 is 19.9 Å². The molecule has 0 saturated carbocycles. The second-order valence-electron chi connectivity index (χ2n) is 6.34. The van der Waals surface area contributed by atoms with Gasteiger partial charge in [0, 0.05) is 12.3 Å². The molecule has 2 N–H and O–H groups in total. The topological polar surface area (TPSA) is 66.6 Å². The van der Waals surface area contributed by atoms with E-state index in [1.165, 1.54) is 0 Å². The van der Waals surface area contributed by atoms with Gasteiger partial charge in [0.25, 0.3) is 0 Å². The molecule has 1 heterocycles. The molecule has 5 heteroatoms. The number of nitrogens with zero attached hydrogens (tertiary/aromatic N) is 1. The van der Waals surface area contributed by atoms with Crippen LogP contribution in [0.2, 0.25) is 0 Å². The minimum absolute atomic E-state index is 0.550. The molecule has 140 valence electrons. The Hall–Kier alpha value is -3.73. The highest BCUT2D eigenvalue weighted by Crippen LogP contribution is 2.42. The Morgan fingerprint density at radius 1 is 0.821 bits per heavy atom. The van der Waals surface area contributed by atoms with Gasteiger partial charge >= 0.3 is 0 Å². The summed E-state index contributed by atoms with van der Waals surface area (Å²) in [5, 5.41) is 0.837. The minimum atomic E-state index is 0.550. The first-order chi connectivity index (χ1) is 13.7. The normalized spacial score (nSPS) is 10.6. The van der Waals surface area contributed by atoms with E-state index >= 15 is 0 Å². The number of hydrogen-bond donors (Lipinski definition) is 1. The van der Waals surface area contributed by atoms with Crippen LogP contribution in [0.25, 0.3) is 10.9 Å². The Labute approximate surface area is 163 Å². The lowest BCUT2D eigenvalue weighted by molar-refractivity contribution is 0.381. The van der Waals surface area contributed by atoms with Crippen molar-refractivity contribution >= 4 is 16.6 Å². The SMILES string of the molecule is COc1cc(N)c2nccc(C)c2c1Oc1ccc(Oc2ccccc2)cc1. The molecule has 0 fully saturated rings. The molecule has 4 aromatic rings. The fraction of sp³-hybridized carbons (Fsp3) is 0.0870. The highest BCUT2D eigenvalue weighted by atomic mass is 16.5. The number of benzene rings is 3. The maximum absolute atomic E-state index is 6.18. The first-order valence-corrected chi connectivity index (χ1v) is 8.88. The molecular formula is C23H20N2O3. The zero-order chi connectivity index (χ0) is 19.5. The number of hydrogen-bond acceptors (Lipinski definition) is 5. The number of aryl methyl sites for hydroxylation is 1. The summed E-state index contributed by atoms with van der Waals surface area (Å²) in [7, 11) is 1.59. The van der Waals surface area contributed by atoms with Gasteiger partial charge in [0.05, 0.1) is 23.7 Å². The number of aromatic nitrogens is 1. The van der Waals surface area contributed by atoms with Crippen molar-refractivity contribution in [2.75, 3.05) is 12.8 Å². The number of nitrogens with two attached hydrogens (primary N) is 1. The number of para-hydroxylation sites is 1. The van der Waals surface area contributed by atoms with Crippen molar-refractivity contribution < 1.29 is 14.2 Å². The smallest absolute Gasteiger partial charge is 0.179 e. The molecule has 1 aromatic heterocycles. The second kappa shape index (κ2) is 7.48. The second-order valence-corrected chi connectivity index (χ2v) is 6.34. The molecule has 0 amide bonds. The van der Waals surface area contributed by atoms with Gasteiger partial charge < -0.3 is 19.9 Å². The molecule has 4 rings (SSSR count). The fourth-order valence-corrected chi connectivity index (χ4v) is 3.03. The monoisotopic (exact) mass is 372 g/mol. The summed E-state index contributed by atoms with van der Waals surface area (Å²) in [6, 6.07) is 20.7. The van der Waals surface area contributed by atoms with Crippen LogP contribution in [0.3, 0.4) is 0 Å². The number of fused-ring (bicyclic) bond motifs is 1. The van der Waals surface area contributed by atoms with Crippen LogP contribution in [0.4, 0.5) is 5.69 Å². The molecule has 0 spiro atoms. The van der Waals surface area contributed by atoms with E-state index in [9.17, 15) is 0 Å². The number of methoxy groups -OCH3 is 1. The van der Waals surface area contributed by atoms with E-state index in [2.05, 4.69) is 4.98 Å². The van der Waals surface area contributed by atoms with E-state index in [1.807, 2.05) is 67.6 Å². The Balaban J connectivity index is 1.67. The first-order valence-electron chi connectivity index (χ1n) is 8.88. The molecule has 0 aliphatic rings. The van der Waals surface area contributed by atoms with E-state index in [0.717, 1.165) is 22.4 Å². The quantitative estimate of drug-likeness (QED) is 0.454. The van der Waals surface area contributed by atoms with E-state index in [-0.39, 0.29) is 0 Å². The lowest BCUT2D eigenvalue weighted by Crippen LogP contribution is -1.98. The molecule has 0 aliphatic carbocycles. The zero-order valence-electron chi connectivity index (χ0n) is 15.7. The number of anilines is 1. The van der Waals surface area contributed by atoms with Gasteiger partial charge in [-0.2, -0.15) is 0 Å². The molecule has 0 aliphatic heterocycles. The van der Waals surface area contributed by atoms with E-state index in [0.29, 0.717) is 28.5 Å². The summed E-state index contributed by atoms with van der Waals surface area (Å²) >= 11 is 0. The van der Waals surface area contributed by atoms with Gasteiger partial charge in [0.1, 0.15) is 17.2 Å². The number of pyridine rings is 1. The summed E-state index contributed by atoms with van der Waals surface area (Å²) in [5.41, 5.74) is 8.40. The van der Waals surface area contributed by atoms with Crippen LogP contribution in [0.1, 0.15) is 5.56 Å². The molecule has 0 atom stereocenters. The number of nitrogen functional groups attached to an aromatic ring is 1. The van der Waals surface area contributed by atoms with Gasteiger partial charge in [0.15, 0.2) is 11.5 Å². The van der Waals surface area contributed by atoms with Crippen molar-refractivity contribution in [3.8, 4) is 28.7 Å². The third-order valence-corrected chi connectivity index (χ3v) is 4.41. The number of ether oxygens (including phenoxy) is 3. The highest BCUT2D eigenvalue weighted by Gasteiger charge is 2.16. The fourth-order valence-electron chi connectivity index (χ4n) is 3.03. The average molecular weight is 372 g/mol. The summed E-state index contributed by atoms with van der Waals surface area (Å²) < 4.78 is 17.5. The molecule has 5 nitrogen and oxygen atoms in total. The maximum atomic E-state index is 6.18. The van der Waals surface area contributed by atoms with E-state index < -0.39 is 0 Å². The third kappa shape index (κ3) is 3.42. The van der Waals surface area contributed by atoms with Crippen molar-refractivity contribution in [2.24, 2.45) is 0 Å². The van der Waals surface area contributed by atoms with Crippen LogP contribution >= 0.6 is 0 Å². The molecular weight excluding hydrogens is 352 g/mol. The van der Waals surface area contributed by atoms with Gasteiger partial charge in [-0.15, -0.1) is 0 Å². The van der Waals surface area contributed by atoms with Gasteiger partial charge in [-0.1, -0.05) is 18.2 Å². The molecule has 0 saturated heterocycles. The Morgan fingerprint density at radius 3 is 2.14 bits per heavy atom. The lowest BCUT2D eigenvalue weighted by atomic mass is 10.1. The van der Waals surface area contributed by atoms with Crippen molar-refractivity contribution in [3.05, 3.63) is 78.5 Å². The van der Waals surface area contributed by atoms with Gasteiger partial charge in [0.2, 0.25) is 0 Å². The summed E-state index contributed by atoms with van der Waals surface area (Å²) in [4.78, 5) is 4.40. The van der Waals surface area contributed by atoms with E-state index in [4.69, 9.17) is 19.9 Å². The zero-order valence-corrected chi connectivity index (χ0v) is 15.7. The van der Waals surface area contributed by atoms with Crippen LogP contribution in [0.5, 0.6) is 28.7 Å². The van der Waals surface area contributed by atoms with Gasteiger partial charge in [-0.25, -0.2) is 0 Å². The van der Waals surface area contributed by atoms with Gasteiger partial charge in [-0.3, -0.25) is 4.98 Å². The van der Waals surface area contributed by atoms with Crippen LogP contribution in [0.15, 0.2) is 72.9 Å². The largest absolute Gasteiger partial charge is 0.493 e. The van der Waals surface area contributed by atoms with Crippen molar-refractivity contribution in [1.82, 2.24) is 4.98 Å². The van der Waals surface area contributed by atoms with Crippen LogP contribution in [-0.2, 0) is 0 Å². The average Bonchev–Trinajstić information content (AvgIpc) is 2.72. The lowest BCUT2D eigenvalue weighted by Gasteiger charge is -2.16. The van der Waals surface area contributed by atoms with Gasteiger partial charge in [-0.05, 0) is 55.0 Å². The van der Waals surface area contributed by atoms with Crippen molar-refractivity contribution in [2.45, 2.75) is 6.92 Å². The van der Waals surface area contributed by atoms with Crippen LogP contribution in [-0.4, -0.2) is 12.1 Å². The standard InChI is InChI=1S/C23H20N2O3/c1-15-12-13-25-22-19(24)14-20(26-2)23(21(15)22)28-18-10-8-17(9-11-18)27-16-6-4-3-5-7-16/h3-14H,24H2,1-2H3. The third-order valence-electron chi connectivity index (χ3n) is 4.41. The molecule has 28 heavy (non-hydrogen) atoms. The Kier molecular flexibility index (Phi) is 4.72. The summed E-state index contributed by atoms with van der Waals surface area (Å²) in [6.45, 7) is 1.99. The minimum Gasteiger partial charge on any atom is -0.493 e. The van der Waals surface area contributed by atoms with Crippen molar-refractivity contribution in [3.63, 3.8) is 0 Å². The molecule has 0 radical (unpaired) electrons. The highest BCUT2D eigenvalue weighted by molar-refractivity contribution is 5.98. The summed E-state index contributed by atoms with van der Waals surface area (Å²) in [5.74, 6) is 3.32. The first kappa shape index (κ1) is 17.7. The number of rotatable bonds is 5. The maximum Gasteiger partial charge on any atom is 0.179 e. The summed E-state index contributed by atoms with van der Waals surface area (Å²) in [6.07, 6.45) is 1.74. The Bertz CT molecular complexity index is 1110. The molecule has 3 aromatic carbocycles. The van der Waals surface area contributed by atoms with Crippen molar-refractivity contribution in [1.29, 1.82) is 0 Å². The predicted octanol–water partition coefficient (Wildman–Crippen LogP) is 5.72. The Morgan fingerprint density at radius 2 is 1.46 bits per heavy atom. The molecule has 0 unspecified atom stereocenters. The molecule has 0 bridgehead atoms.